The van der Waals surface area contributed by atoms with E-state index in [9.17, 15) is 27.2 Å². The van der Waals surface area contributed by atoms with Crippen molar-refractivity contribution in [1.29, 1.82) is 0 Å². The van der Waals surface area contributed by atoms with Gasteiger partial charge in [0.25, 0.3) is 5.91 Å². The van der Waals surface area contributed by atoms with Gasteiger partial charge in [0, 0.05) is 11.7 Å². The molecule has 0 spiro atoms. The molecule has 2 aromatic rings. The molecule has 1 heterocycles. The summed E-state index contributed by atoms with van der Waals surface area (Å²) in [6.45, 7) is 0. The SMILES string of the molecule is COc1ncnc(Cl)c1C(=O)N[C@@H]1[C@H]2CC[C@H](C2)[C@@H]1C(=O)Nc1ccc(F)c(C(F)(F)F)c1. The van der Waals surface area contributed by atoms with Crippen molar-refractivity contribution in [3.63, 3.8) is 0 Å². The van der Waals surface area contributed by atoms with Crippen LogP contribution in [0.5, 0.6) is 5.88 Å². The van der Waals surface area contributed by atoms with Gasteiger partial charge in [0.15, 0.2) is 0 Å². The number of carbonyl (C=O) groups excluding carboxylic acids is 2. The van der Waals surface area contributed by atoms with Crippen LogP contribution in [0.2, 0.25) is 5.15 Å². The van der Waals surface area contributed by atoms with Crippen LogP contribution < -0.4 is 15.4 Å². The largest absolute Gasteiger partial charge is 0.480 e. The summed E-state index contributed by atoms with van der Waals surface area (Å²) in [5.74, 6) is -3.33. The Labute approximate surface area is 190 Å². The van der Waals surface area contributed by atoms with E-state index in [-0.39, 0.29) is 34.1 Å². The van der Waals surface area contributed by atoms with Crippen LogP contribution in [0.15, 0.2) is 24.5 Å². The summed E-state index contributed by atoms with van der Waals surface area (Å²) in [7, 11) is 1.32. The zero-order valence-corrected chi connectivity index (χ0v) is 18.0. The van der Waals surface area contributed by atoms with Gasteiger partial charge in [-0.1, -0.05) is 11.6 Å². The maximum atomic E-state index is 13.6. The minimum atomic E-state index is -4.90. The number of carbonyl (C=O) groups is 2. The van der Waals surface area contributed by atoms with Gasteiger partial charge in [0.1, 0.15) is 22.9 Å². The number of ether oxygens (including phenoxy) is 1. The first-order valence-electron chi connectivity index (χ1n) is 10.1. The van der Waals surface area contributed by atoms with Gasteiger partial charge in [0.2, 0.25) is 11.8 Å². The molecule has 2 saturated carbocycles. The van der Waals surface area contributed by atoms with Gasteiger partial charge in [-0.05, 0) is 49.3 Å². The third-order valence-electron chi connectivity index (χ3n) is 6.24. The molecule has 2 amide bonds. The normalized spacial score (nSPS) is 23.9. The summed E-state index contributed by atoms with van der Waals surface area (Å²) >= 11 is 6.04. The summed E-state index contributed by atoms with van der Waals surface area (Å²) in [6.07, 6.45) is -1.51. The van der Waals surface area contributed by atoms with E-state index in [0.29, 0.717) is 18.6 Å². The molecule has 0 radical (unpaired) electrons. The van der Waals surface area contributed by atoms with Gasteiger partial charge in [0.05, 0.1) is 18.6 Å². The summed E-state index contributed by atoms with van der Waals surface area (Å²) in [5.41, 5.74) is -1.72. The molecule has 0 saturated heterocycles. The number of rotatable bonds is 5. The fourth-order valence-corrected chi connectivity index (χ4v) is 5.05. The van der Waals surface area contributed by atoms with Crippen LogP contribution in [0.1, 0.15) is 35.2 Å². The lowest BCUT2D eigenvalue weighted by Crippen LogP contribution is -2.48. The van der Waals surface area contributed by atoms with E-state index in [1.54, 1.807) is 0 Å². The second-order valence-corrected chi connectivity index (χ2v) is 8.45. The molecule has 2 fully saturated rings. The number of nitrogens with one attached hydrogen (secondary N) is 2. The van der Waals surface area contributed by atoms with Crippen LogP contribution in [-0.4, -0.2) is 34.9 Å². The maximum Gasteiger partial charge on any atom is 0.419 e. The van der Waals surface area contributed by atoms with E-state index < -0.39 is 41.3 Å². The molecule has 1 aromatic heterocycles. The van der Waals surface area contributed by atoms with Crippen molar-refractivity contribution in [2.75, 3.05) is 12.4 Å². The summed E-state index contributed by atoms with van der Waals surface area (Å²) in [5, 5.41) is 5.16. The van der Waals surface area contributed by atoms with Gasteiger partial charge in [-0.2, -0.15) is 13.2 Å². The lowest BCUT2D eigenvalue weighted by molar-refractivity contribution is -0.140. The Morgan fingerprint density at radius 1 is 1.18 bits per heavy atom. The molecule has 1 aromatic carbocycles. The van der Waals surface area contributed by atoms with E-state index >= 15 is 0 Å². The summed E-state index contributed by atoms with van der Waals surface area (Å²) in [4.78, 5) is 33.7. The Morgan fingerprint density at radius 2 is 1.91 bits per heavy atom. The Hall–Kier alpha value is -2.95. The maximum absolute atomic E-state index is 13.6. The minimum absolute atomic E-state index is 0.0167. The van der Waals surface area contributed by atoms with Crippen LogP contribution >= 0.6 is 11.6 Å². The van der Waals surface area contributed by atoms with Crippen LogP contribution in [0.3, 0.4) is 0 Å². The zero-order valence-electron chi connectivity index (χ0n) is 17.2. The first kappa shape index (κ1) is 23.2. The number of methoxy groups -OCH3 is 1. The summed E-state index contributed by atoms with van der Waals surface area (Å²) < 4.78 is 57.7. The van der Waals surface area contributed by atoms with Gasteiger partial charge in [-0.3, -0.25) is 9.59 Å². The number of aromatic nitrogens is 2. The highest BCUT2D eigenvalue weighted by atomic mass is 35.5. The molecular formula is C21H19ClF4N4O3. The molecule has 4 rings (SSSR count). The number of halogens is 5. The third-order valence-corrected chi connectivity index (χ3v) is 6.53. The second kappa shape index (κ2) is 8.77. The van der Waals surface area contributed by atoms with Crippen molar-refractivity contribution in [3.05, 3.63) is 46.6 Å². The van der Waals surface area contributed by atoms with Crippen LogP contribution in [-0.2, 0) is 11.0 Å². The standard InChI is InChI=1S/C21H19ClF4N4O3/c1-33-20-15(17(22)27-8-28-20)19(32)30-16-10-3-2-9(6-10)14(16)18(31)29-11-4-5-13(23)12(7-11)21(24,25)26/h4-5,7-10,14,16H,2-3,6H2,1H3,(H,29,31)(H,30,32)/t9-,10+,14+,16-/m1/s1. The molecule has 7 nitrogen and oxygen atoms in total. The molecule has 2 aliphatic rings. The smallest absolute Gasteiger partial charge is 0.419 e. The quantitative estimate of drug-likeness (QED) is 0.491. The van der Waals surface area contributed by atoms with Crippen molar-refractivity contribution < 1.29 is 31.9 Å². The number of amides is 2. The topological polar surface area (TPSA) is 93.2 Å². The highest BCUT2D eigenvalue weighted by Gasteiger charge is 2.51. The predicted molar refractivity (Wildman–Crippen MR) is 109 cm³/mol. The van der Waals surface area contributed by atoms with Gasteiger partial charge in [-0.15, -0.1) is 0 Å². The fraction of sp³-hybridized carbons (Fsp3) is 0.429. The Balaban J connectivity index is 1.55. The number of hydrogen-bond acceptors (Lipinski definition) is 5. The van der Waals surface area contributed by atoms with E-state index in [1.165, 1.54) is 7.11 Å². The molecule has 2 aliphatic carbocycles. The number of fused-ring (bicyclic) bond motifs is 2. The number of alkyl halides is 3. The molecule has 33 heavy (non-hydrogen) atoms. The van der Waals surface area contributed by atoms with Gasteiger partial charge < -0.3 is 15.4 Å². The van der Waals surface area contributed by atoms with Crippen LogP contribution in [0.4, 0.5) is 23.2 Å². The first-order chi connectivity index (χ1) is 15.6. The summed E-state index contributed by atoms with van der Waals surface area (Å²) in [6, 6.07) is 1.71. The van der Waals surface area contributed by atoms with E-state index in [2.05, 4.69) is 20.6 Å². The number of hydrogen-bond donors (Lipinski definition) is 2. The second-order valence-electron chi connectivity index (χ2n) is 8.09. The Bertz CT molecular complexity index is 1100. The average molecular weight is 487 g/mol. The molecule has 0 unspecified atom stereocenters. The van der Waals surface area contributed by atoms with Crippen molar-refractivity contribution in [1.82, 2.24) is 15.3 Å². The predicted octanol–water partition coefficient (Wildman–Crippen LogP) is 4.08. The molecule has 2 bridgehead atoms. The fourth-order valence-electron chi connectivity index (χ4n) is 4.84. The van der Waals surface area contributed by atoms with Crippen LogP contribution in [0.25, 0.3) is 0 Å². The van der Waals surface area contributed by atoms with E-state index in [0.717, 1.165) is 25.2 Å². The van der Waals surface area contributed by atoms with Gasteiger partial charge >= 0.3 is 6.18 Å². The molecular weight excluding hydrogens is 468 g/mol. The number of benzene rings is 1. The number of anilines is 1. The Morgan fingerprint density at radius 3 is 2.61 bits per heavy atom. The highest BCUT2D eigenvalue weighted by molar-refractivity contribution is 6.33. The molecule has 176 valence electrons. The lowest BCUT2D eigenvalue weighted by atomic mass is 9.83. The Kier molecular flexibility index (Phi) is 6.17. The molecule has 2 N–H and O–H groups in total. The van der Waals surface area contributed by atoms with Crippen LogP contribution in [0, 0.1) is 23.6 Å². The van der Waals surface area contributed by atoms with Crippen molar-refractivity contribution in [2.45, 2.75) is 31.5 Å². The minimum Gasteiger partial charge on any atom is -0.480 e. The molecule has 12 heteroatoms. The monoisotopic (exact) mass is 486 g/mol. The number of nitrogens with zero attached hydrogens (tertiary/aromatic N) is 2. The average Bonchev–Trinajstić information content (AvgIpc) is 3.35. The molecule has 0 aliphatic heterocycles. The first-order valence-corrected chi connectivity index (χ1v) is 10.5. The lowest BCUT2D eigenvalue weighted by Gasteiger charge is -2.31. The zero-order chi connectivity index (χ0) is 23.9. The van der Waals surface area contributed by atoms with E-state index in [4.69, 9.17) is 16.3 Å². The van der Waals surface area contributed by atoms with Crippen molar-refractivity contribution in [2.24, 2.45) is 17.8 Å². The van der Waals surface area contributed by atoms with Gasteiger partial charge in [-0.25, -0.2) is 14.4 Å². The van der Waals surface area contributed by atoms with Crippen molar-refractivity contribution >= 4 is 29.1 Å². The molecule has 4 atom stereocenters. The third kappa shape index (κ3) is 4.46. The van der Waals surface area contributed by atoms with E-state index in [1.807, 2.05) is 0 Å². The highest BCUT2D eigenvalue weighted by Crippen LogP contribution is 2.49. The van der Waals surface area contributed by atoms with Crippen molar-refractivity contribution in [3.8, 4) is 5.88 Å².